The molecule has 0 N–H and O–H groups in total. The highest BCUT2D eigenvalue weighted by Gasteiger charge is 2.48. The Balaban J connectivity index is 2.01. The fourth-order valence-electron chi connectivity index (χ4n) is 2.38. The van der Waals surface area contributed by atoms with Crippen molar-refractivity contribution in [1.29, 1.82) is 0 Å². The van der Waals surface area contributed by atoms with Crippen LogP contribution in [0.1, 0.15) is 19.3 Å². The average molecular weight is 358 g/mol. The smallest absolute Gasteiger partial charge is 0.355 e. The first kappa shape index (κ1) is 18.0. The maximum atomic E-state index is 12.4. The number of fused-ring (bicyclic) bond motifs is 1. The summed E-state index contributed by atoms with van der Waals surface area (Å²) in [6.07, 6.45) is 1.20. The summed E-state index contributed by atoms with van der Waals surface area (Å²) < 4.78 is 5.36. The van der Waals surface area contributed by atoms with Gasteiger partial charge in [-0.3, -0.25) is 19.8 Å². The molecule has 23 heavy (non-hydrogen) atoms. The van der Waals surface area contributed by atoms with Gasteiger partial charge in [0.15, 0.2) is 0 Å². The number of β-lactam (4-membered cyclic amide) rings is 1. The third kappa shape index (κ3) is 4.57. The molecule has 128 valence electrons. The second kappa shape index (κ2) is 7.04. The fraction of sp³-hybridized carbons (Fsp3) is 0.714. The summed E-state index contributed by atoms with van der Waals surface area (Å²) in [5.74, 6) is -0.550. The third-order valence-electron chi connectivity index (χ3n) is 3.71. The zero-order valence-electron chi connectivity index (χ0n) is 13.7. The quantitative estimate of drug-likeness (QED) is 0.218. The minimum atomic E-state index is -1.30. The highest BCUT2D eigenvalue weighted by Crippen LogP contribution is 2.47. The van der Waals surface area contributed by atoms with Crippen LogP contribution in [0.2, 0.25) is 25.7 Å². The number of amides is 1. The molecule has 0 spiro atoms. The predicted octanol–water partition coefficient (Wildman–Crippen LogP) is 2.44. The minimum Gasteiger partial charge on any atom is -0.461 e. The molecule has 0 aromatic rings. The van der Waals surface area contributed by atoms with E-state index in [1.165, 1.54) is 16.7 Å². The van der Waals surface area contributed by atoms with Crippen LogP contribution in [0.25, 0.3) is 0 Å². The first-order valence-corrected chi connectivity index (χ1v) is 12.3. The number of nitro groups is 1. The normalized spacial score (nSPS) is 20.4. The molecule has 2 heterocycles. The van der Waals surface area contributed by atoms with Gasteiger partial charge in [-0.2, -0.15) is 0 Å². The number of rotatable bonds is 8. The Morgan fingerprint density at radius 1 is 1.48 bits per heavy atom. The van der Waals surface area contributed by atoms with Crippen molar-refractivity contribution >= 4 is 31.7 Å². The zero-order valence-corrected chi connectivity index (χ0v) is 15.5. The van der Waals surface area contributed by atoms with Gasteiger partial charge in [0.2, 0.25) is 12.5 Å². The van der Waals surface area contributed by atoms with Gasteiger partial charge < -0.3 is 4.74 Å². The molecule has 2 aliphatic rings. The number of carbonyl (C=O) groups excluding carboxylic acids is 2. The molecule has 0 aromatic carbocycles. The topological polar surface area (TPSA) is 89.7 Å². The van der Waals surface area contributed by atoms with Crippen LogP contribution in [-0.2, 0) is 14.3 Å². The SMILES string of the molecule is C[Si](C)(C)CCOC(=O)C1=C(CCC[N+](=O)[O-])S[C@@H]2CC(=O)N12. The lowest BCUT2D eigenvalue weighted by molar-refractivity contribution is -0.480. The molecular weight excluding hydrogens is 336 g/mol. The number of nitrogens with zero attached hydrogens (tertiary/aromatic N) is 2. The summed E-state index contributed by atoms with van der Waals surface area (Å²) in [5.41, 5.74) is 0.315. The molecule has 2 rings (SSSR count). The largest absolute Gasteiger partial charge is 0.461 e. The predicted molar refractivity (Wildman–Crippen MR) is 90.1 cm³/mol. The molecule has 0 unspecified atom stereocenters. The Kier molecular flexibility index (Phi) is 5.51. The van der Waals surface area contributed by atoms with Crippen LogP contribution >= 0.6 is 11.8 Å². The molecule has 1 fully saturated rings. The Morgan fingerprint density at radius 3 is 2.74 bits per heavy atom. The van der Waals surface area contributed by atoms with Gasteiger partial charge in [-0.15, -0.1) is 11.8 Å². The van der Waals surface area contributed by atoms with E-state index < -0.39 is 14.0 Å². The van der Waals surface area contributed by atoms with E-state index in [4.69, 9.17) is 4.74 Å². The van der Waals surface area contributed by atoms with Crippen LogP contribution < -0.4 is 0 Å². The summed E-state index contributed by atoms with van der Waals surface area (Å²) in [6, 6.07) is 0.868. The zero-order chi connectivity index (χ0) is 17.2. The molecule has 0 bridgehead atoms. The van der Waals surface area contributed by atoms with Gasteiger partial charge >= 0.3 is 5.97 Å². The van der Waals surface area contributed by atoms with Gasteiger partial charge in [-0.1, -0.05) is 19.6 Å². The molecule has 0 radical (unpaired) electrons. The highest BCUT2D eigenvalue weighted by atomic mass is 32.2. The summed E-state index contributed by atoms with van der Waals surface area (Å²) >= 11 is 1.46. The summed E-state index contributed by atoms with van der Waals surface area (Å²) in [5, 5.41) is 10.4. The molecular formula is C14H22N2O5SSi. The van der Waals surface area contributed by atoms with Gasteiger partial charge in [0.25, 0.3) is 0 Å². The molecule has 2 aliphatic heterocycles. The molecule has 1 amide bonds. The monoisotopic (exact) mass is 358 g/mol. The van der Waals surface area contributed by atoms with E-state index >= 15 is 0 Å². The maximum Gasteiger partial charge on any atom is 0.355 e. The number of esters is 1. The number of allylic oxidation sites excluding steroid dienone is 1. The number of ether oxygens (including phenoxy) is 1. The lowest BCUT2D eigenvalue weighted by atomic mass is 10.1. The van der Waals surface area contributed by atoms with Crippen LogP contribution in [0.5, 0.6) is 0 Å². The molecule has 1 saturated heterocycles. The van der Waals surface area contributed by atoms with Gasteiger partial charge in [-0.05, 0) is 12.5 Å². The van der Waals surface area contributed by atoms with Crippen LogP contribution in [0, 0.1) is 10.1 Å². The van der Waals surface area contributed by atoms with Crippen molar-refractivity contribution in [2.24, 2.45) is 0 Å². The minimum absolute atomic E-state index is 0.0346. The van der Waals surface area contributed by atoms with Crippen molar-refractivity contribution in [3.63, 3.8) is 0 Å². The van der Waals surface area contributed by atoms with E-state index in [-0.39, 0.29) is 22.7 Å². The van der Waals surface area contributed by atoms with E-state index in [2.05, 4.69) is 19.6 Å². The van der Waals surface area contributed by atoms with Crippen LogP contribution in [0.15, 0.2) is 10.6 Å². The lowest BCUT2D eigenvalue weighted by Gasteiger charge is -2.34. The molecule has 0 aliphatic carbocycles. The van der Waals surface area contributed by atoms with Gasteiger partial charge in [-0.25, -0.2) is 4.79 Å². The highest BCUT2D eigenvalue weighted by molar-refractivity contribution is 8.04. The summed E-state index contributed by atoms with van der Waals surface area (Å²) in [7, 11) is -1.30. The lowest BCUT2D eigenvalue weighted by Crippen LogP contribution is -2.48. The van der Waals surface area contributed by atoms with Crippen LogP contribution in [0.4, 0.5) is 0 Å². The van der Waals surface area contributed by atoms with Gasteiger partial charge in [0, 0.05) is 24.3 Å². The molecule has 7 nitrogen and oxygen atoms in total. The molecule has 0 saturated carbocycles. The second-order valence-corrected chi connectivity index (χ2v) is 13.8. The van der Waals surface area contributed by atoms with E-state index in [1.54, 1.807) is 0 Å². The molecule has 1 atom stereocenters. The summed E-state index contributed by atoms with van der Waals surface area (Å²) in [4.78, 5) is 36.4. The van der Waals surface area contributed by atoms with Crippen molar-refractivity contribution < 1.29 is 19.2 Å². The maximum absolute atomic E-state index is 12.4. The standard InChI is InChI=1S/C14H22N2O5SSi/c1-23(2,3)8-7-21-14(18)13-10(5-4-6-15(19)20)22-12-9-11(17)16(12)13/h12H,4-9H2,1-3H3/t12-/m1/s1. The number of thioether (sulfide) groups is 1. The van der Waals surface area contributed by atoms with E-state index in [9.17, 15) is 19.7 Å². The van der Waals surface area contributed by atoms with Crippen LogP contribution in [0.3, 0.4) is 0 Å². The Morgan fingerprint density at radius 2 is 2.17 bits per heavy atom. The average Bonchev–Trinajstić information content (AvgIpc) is 2.69. The third-order valence-corrected chi connectivity index (χ3v) is 6.75. The van der Waals surface area contributed by atoms with Crippen molar-refractivity contribution in [3.05, 3.63) is 20.7 Å². The number of carbonyl (C=O) groups is 2. The van der Waals surface area contributed by atoms with Crippen molar-refractivity contribution in [1.82, 2.24) is 4.90 Å². The van der Waals surface area contributed by atoms with E-state index in [1.807, 2.05) is 0 Å². The first-order valence-electron chi connectivity index (χ1n) is 7.70. The van der Waals surface area contributed by atoms with Crippen molar-refractivity contribution in [2.75, 3.05) is 13.2 Å². The number of hydrogen-bond donors (Lipinski definition) is 0. The molecule has 9 heteroatoms. The van der Waals surface area contributed by atoms with E-state index in [0.29, 0.717) is 31.6 Å². The van der Waals surface area contributed by atoms with Gasteiger partial charge in [0.05, 0.1) is 18.4 Å². The Hall–Kier alpha value is -1.35. The summed E-state index contributed by atoms with van der Waals surface area (Å²) in [6.45, 7) is 6.81. The van der Waals surface area contributed by atoms with Crippen molar-refractivity contribution in [2.45, 2.75) is 50.3 Å². The second-order valence-electron chi connectivity index (χ2n) is 6.92. The van der Waals surface area contributed by atoms with Crippen molar-refractivity contribution in [3.8, 4) is 0 Å². The van der Waals surface area contributed by atoms with Crippen LogP contribution in [-0.4, -0.2) is 48.3 Å². The Bertz CT molecular complexity index is 558. The fourth-order valence-corrected chi connectivity index (χ4v) is 4.53. The van der Waals surface area contributed by atoms with Gasteiger partial charge in [0.1, 0.15) is 5.70 Å². The molecule has 0 aromatic heterocycles. The number of hydrogen-bond acceptors (Lipinski definition) is 6. The Labute approximate surface area is 140 Å². The van der Waals surface area contributed by atoms with E-state index in [0.717, 1.165) is 10.9 Å². The first-order chi connectivity index (χ1) is 10.7.